The molecular weight excluding hydrogens is 294 g/mol. The van der Waals surface area contributed by atoms with Crippen LogP contribution in [-0.4, -0.2) is 51.3 Å². The van der Waals surface area contributed by atoms with Crippen LogP contribution in [-0.2, 0) is 11.3 Å². The van der Waals surface area contributed by atoms with Gasteiger partial charge in [-0.1, -0.05) is 6.07 Å². The minimum Gasteiger partial charge on any atom is -0.481 e. The Balaban J connectivity index is 1.95. The van der Waals surface area contributed by atoms with Gasteiger partial charge in [-0.05, 0) is 12.5 Å². The van der Waals surface area contributed by atoms with Gasteiger partial charge >= 0.3 is 12.0 Å². The molecule has 1 aromatic heterocycles. The van der Waals surface area contributed by atoms with Crippen LogP contribution in [0.15, 0.2) is 18.3 Å². The Morgan fingerprint density at radius 1 is 1.57 bits per heavy atom. The molecule has 0 aromatic carbocycles. The standard InChI is InChI=1S/C13H17N3O4S/c1-8-16(10(7-21-8)12(17)18)13(19)15-6-9-3-4-11(20-2)14-5-9/h3-5,8,10H,6-7H2,1-2H3,(H,15,19)(H,17,18). The summed E-state index contributed by atoms with van der Waals surface area (Å²) in [5, 5.41) is 11.7. The van der Waals surface area contributed by atoms with E-state index in [9.17, 15) is 9.59 Å². The maximum atomic E-state index is 12.2. The molecule has 0 bridgehead atoms. The first-order valence-corrected chi connectivity index (χ1v) is 7.47. The number of aromatic nitrogens is 1. The molecule has 8 heteroatoms. The third-order valence-electron chi connectivity index (χ3n) is 3.19. The number of methoxy groups -OCH3 is 1. The van der Waals surface area contributed by atoms with Gasteiger partial charge in [-0.25, -0.2) is 14.6 Å². The molecule has 1 aliphatic rings. The average Bonchev–Trinajstić information content (AvgIpc) is 2.87. The van der Waals surface area contributed by atoms with Crippen molar-refractivity contribution < 1.29 is 19.4 Å². The van der Waals surface area contributed by atoms with Gasteiger partial charge in [0.1, 0.15) is 6.04 Å². The predicted molar refractivity (Wildman–Crippen MR) is 78.2 cm³/mol. The zero-order valence-electron chi connectivity index (χ0n) is 11.8. The van der Waals surface area contributed by atoms with Crippen LogP contribution in [0.3, 0.4) is 0 Å². The van der Waals surface area contributed by atoms with Crippen LogP contribution >= 0.6 is 11.8 Å². The van der Waals surface area contributed by atoms with Crippen LogP contribution in [0.2, 0.25) is 0 Å². The first kappa shape index (κ1) is 15.4. The van der Waals surface area contributed by atoms with Gasteiger partial charge in [0.25, 0.3) is 0 Å². The van der Waals surface area contributed by atoms with Gasteiger partial charge in [0.15, 0.2) is 0 Å². The van der Waals surface area contributed by atoms with Gasteiger partial charge < -0.3 is 15.2 Å². The fourth-order valence-electron chi connectivity index (χ4n) is 2.05. The molecule has 0 aliphatic carbocycles. The molecular formula is C13H17N3O4S. The number of amides is 2. The summed E-state index contributed by atoms with van der Waals surface area (Å²) in [7, 11) is 1.53. The zero-order chi connectivity index (χ0) is 15.4. The molecule has 0 saturated carbocycles. The maximum absolute atomic E-state index is 12.2. The summed E-state index contributed by atoms with van der Waals surface area (Å²) in [5.74, 6) is -0.0673. The molecule has 1 aromatic rings. The highest BCUT2D eigenvalue weighted by Gasteiger charge is 2.39. The molecule has 2 heterocycles. The van der Waals surface area contributed by atoms with Crippen LogP contribution in [0.4, 0.5) is 4.79 Å². The topological polar surface area (TPSA) is 91.8 Å². The lowest BCUT2D eigenvalue weighted by atomic mass is 10.2. The van der Waals surface area contributed by atoms with E-state index in [0.29, 0.717) is 11.6 Å². The monoisotopic (exact) mass is 311 g/mol. The molecule has 21 heavy (non-hydrogen) atoms. The number of thioether (sulfide) groups is 1. The number of aliphatic carboxylic acids is 1. The molecule has 2 unspecified atom stereocenters. The molecule has 7 nitrogen and oxygen atoms in total. The van der Waals surface area contributed by atoms with Crippen LogP contribution in [0.5, 0.6) is 5.88 Å². The van der Waals surface area contributed by atoms with E-state index >= 15 is 0 Å². The minimum atomic E-state index is -0.979. The number of carbonyl (C=O) groups is 2. The molecule has 1 saturated heterocycles. The number of hydrogen-bond acceptors (Lipinski definition) is 5. The van der Waals surface area contributed by atoms with Crippen molar-refractivity contribution in [1.29, 1.82) is 0 Å². The lowest BCUT2D eigenvalue weighted by Crippen LogP contribution is -2.49. The van der Waals surface area contributed by atoms with E-state index in [4.69, 9.17) is 9.84 Å². The number of hydrogen-bond donors (Lipinski definition) is 2. The number of carbonyl (C=O) groups excluding carboxylic acids is 1. The van der Waals surface area contributed by atoms with Gasteiger partial charge in [0, 0.05) is 24.6 Å². The van der Waals surface area contributed by atoms with Gasteiger partial charge in [-0.3, -0.25) is 4.90 Å². The highest BCUT2D eigenvalue weighted by atomic mass is 32.2. The molecule has 2 rings (SSSR count). The van der Waals surface area contributed by atoms with Gasteiger partial charge in [0.05, 0.1) is 12.5 Å². The fourth-order valence-corrected chi connectivity index (χ4v) is 3.21. The third-order valence-corrected chi connectivity index (χ3v) is 4.41. The summed E-state index contributed by atoms with van der Waals surface area (Å²) in [5.41, 5.74) is 0.815. The molecule has 1 fully saturated rings. The van der Waals surface area contributed by atoms with E-state index in [1.165, 1.54) is 23.8 Å². The second kappa shape index (κ2) is 6.66. The van der Waals surface area contributed by atoms with E-state index in [1.807, 2.05) is 6.92 Å². The summed E-state index contributed by atoms with van der Waals surface area (Å²) in [6, 6.07) is 2.34. The van der Waals surface area contributed by atoms with E-state index < -0.39 is 12.0 Å². The molecule has 0 spiro atoms. The first-order valence-electron chi connectivity index (χ1n) is 6.42. The van der Waals surface area contributed by atoms with Crippen molar-refractivity contribution in [3.8, 4) is 5.88 Å². The average molecular weight is 311 g/mol. The van der Waals surface area contributed by atoms with Crippen molar-refractivity contribution in [2.75, 3.05) is 12.9 Å². The molecule has 2 amide bonds. The van der Waals surface area contributed by atoms with Crippen molar-refractivity contribution >= 4 is 23.8 Å². The number of nitrogens with zero attached hydrogens (tertiary/aromatic N) is 2. The third kappa shape index (κ3) is 3.57. The number of pyridine rings is 1. The maximum Gasteiger partial charge on any atom is 0.327 e. The summed E-state index contributed by atoms with van der Waals surface area (Å²) >= 11 is 1.45. The Morgan fingerprint density at radius 3 is 2.90 bits per heavy atom. The molecule has 2 N–H and O–H groups in total. The lowest BCUT2D eigenvalue weighted by Gasteiger charge is -2.25. The van der Waals surface area contributed by atoms with Gasteiger partial charge in [0.2, 0.25) is 5.88 Å². The Hall–Kier alpha value is -1.96. The highest BCUT2D eigenvalue weighted by Crippen LogP contribution is 2.28. The quantitative estimate of drug-likeness (QED) is 0.866. The van der Waals surface area contributed by atoms with Gasteiger partial charge in [-0.15, -0.1) is 11.8 Å². The molecule has 0 radical (unpaired) electrons. The second-order valence-electron chi connectivity index (χ2n) is 4.56. The van der Waals surface area contributed by atoms with Gasteiger partial charge in [-0.2, -0.15) is 0 Å². The van der Waals surface area contributed by atoms with Crippen molar-refractivity contribution in [3.05, 3.63) is 23.9 Å². The number of carboxylic acids is 1. The van der Waals surface area contributed by atoms with Crippen molar-refractivity contribution in [2.45, 2.75) is 24.9 Å². The molecule has 2 atom stereocenters. The van der Waals surface area contributed by atoms with Crippen LogP contribution in [0.1, 0.15) is 12.5 Å². The Bertz CT molecular complexity index is 523. The van der Waals surface area contributed by atoms with E-state index in [0.717, 1.165) is 5.56 Å². The number of carboxylic acid groups (broad SMARTS) is 1. The summed E-state index contributed by atoms with van der Waals surface area (Å²) in [6.45, 7) is 2.11. The number of nitrogens with one attached hydrogen (secondary N) is 1. The minimum absolute atomic E-state index is 0.153. The highest BCUT2D eigenvalue weighted by molar-refractivity contribution is 8.00. The predicted octanol–water partition coefficient (Wildman–Crippen LogP) is 1.15. The Morgan fingerprint density at radius 2 is 2.33 bits per heavy atom. The first-order chi connectivity index (χ1) is 10.0. The fraction of sp³-hybridized carbons (Fsp3) is 0.462. The summed E-state index contributed by atoms with van der Waals surface area (Å²) in [6.07, 6.45) is 1.61. The van der Waals surface area contributed by atoms with Crippen molar-refractivity contribution in [1.82, 2.24) is 15.2 Å². The van der Waals surface area contributed by atoms with Crippen molar-refractivity contribution in [3.63, 3.8) is 0 Å². The van der Waals surface area contributed by atoms with Crippen LogP contribution < -0.4 is 10.1 Å². The normalized spacial score (nSPS) is 21.1. The lowest BCUT2D eigenvalue weighted by molar-refractivity contribution is -0.141. The summed E-state index contributed by atoms with van der Waals surface area (Å²) in [4.78, 5) is 28.7. The van der Waals surface area contributed by atoms with E-state index in [2.05, 4.69) is 10.3 Å². The Labute approximate surface area is 126 Å². The zero-order valence-corrected chi connectivity index (χ0v) is 12.6. The van der Waals surface area contributed by atoms with E-state index in [-0.39, 0.29) is 17.9 Å². The largest absolute Gasteiger partial charge is 0.481 e. The molecule has 1 aliphatic heterocycles. The van der Waals surface area contributed by atoms with Crippen LogP contribution in [0, 0.1) is 0 Å². The second-order valence-corrected chi connectivity index (χ2v) is 5.91. The smallest absolute Gasteiger partial charge is 0.327 e. The number of rotatable bonds is 4. The molecule has 114 valence electrons. The number of urea groups is 1. The summed E-state index contributed by atoms with van der Waals surface area (Å²) < 4.78 is 4.96. The van der Waals surface area contributed by atoms with Crippen molar-refractivity contribution in [2.24, 2.45) is 0 Å². The van der Waals surface area contributed by atoms with E-state index in [1.54, 1.807) is 18.3 Å². The Kier molecular flexibility index (Phi) is 4.89. The van der Waals surface area contributed by atoms with Crippen LogP contribution in [0.25, 0.3) is 0 Å². The number of ether oxygens (including phenoxy) is 1. The SMILES string of the molecule is COc1ccc(CNC(=O)N2C(C)SCC2C(=O)O)cn1.